The van der Waals surface area contributed by atoms with E-state index in [-0.39, 0.29) is 23.6 Å². The molecule has 0 saturated heterocycles. The van der Waals surface area contributed by atoms with E-state index in [2.05, 4.69) is 4.99 Å². The molecule has 0 N–H and O–H groups in total. The zero-order valence-corrected chi connectivity index (χ0v) is 14.3. The molecule has 130 valence electrons. The molecule has 1 amide bonds. The number of nitro benzene ring substituents is 1. The quantitative estimate of drug-likeness (QED) is 0.393. The number of hydrogen-bond acceptors (Lipinski definition) is 5. The Labute approximate surface area is 152 Å². The van der Waals surface area contributed by atoms with Crippen LogP contribution in [-0.4, -0.2) is 21.2 Å². The Morgan fingerprint density at radius 3 is 2.54 bits per heavy atom. The van der Waals surface area contributed by atoms with Crippen molar-refractivity contribution < 1.29 is 14.5 Å². The molecule has 0 radical (unpaired) electrons. The van der Waals surface area contributed by atoms with Crippen LogP contribution in [0.25, 0.3) is 0 Å². The van der Waals surface area contributed by atoms with Gasteiger partial charge in [-0.3, -0.25) is 19.7 Å². The minimum atomic E-state index is -0.600. The van der Waals surface area contributed by atoms with E-state index >= 15 is 0 Å². The molecule has 0 atom stereocenters. The van der Waals surface area contributed by atoms with Crippen LogP contribution in [0.2, 0.25) is 0 Å². The molecule has 0 saturated carbocycles. The van der Waals surface area contributed by atoms with Crippen LogP contribution >= 0.6 is 11.3 Å². The number of nitro groups is 1. The summed E-state index contributed by atoms with van der Waals surface area (Å²) in [7, 11) is 0. The maximum atomic E-state index is 12.3. The molecule has 0 fully saturated rings. The van der Waals surface area contributed by atoms with Gasteiger partial charge >= 0.3 is 0 Å². The van der Waals surface area contributed by atoms with Crippen molar-refractivity contribution >= 4 is 28.7 Å². The molecule has 7 nitrogen and oxygen atoms in total. The van der Waals surface area contributed by atoms with E-state index in [9.17, 15) is 19.7 Å². The summed E-state index contributed by atoms with van der Waals surface area (Å²) in [5.74, 6) is -0.703. The third-order valence-corrected chi connectivity index (χ3v) is 4.37. The van der Waals surface area contributed by atoms with Crippen LogP contribution < -0.4 is 4.80 Å². The molecule has 0 aliphatic rings. The Morgan fingerprint density at radius 1 is 1.08 bits per heavy atom. The van der Waals surface area contributed by atoms with E-state index < -0.39 is 10.8 Å². The lowest BCUT2D eigenvalue weighted by Crippen LogP contribution is -2.21. The van der Waals surface area contributed by atoms with Crippen LogP contribution in [0.1, 0.15) is 20.7 Å². The maximum Gasteiger partial charge on any atom is 0.279 e. The lowest BCUT2D eigenvalue weighted by atomic mass is 10.1. The number of benzene rings is 2. The molecule has 0 spiro atoms. The fraction of sp³-hybridized carbons (Fsp3) is 0.0556. The summed E-state index contributed by atoms with van der Waals surface area (Å²) < 4.78 is 1.58. The van der Waals surface area contributed by atoms with Gasteiger partial charge in [0, 0.05) is 34.8 Å². The summed E-state index contributed by atoms with van der Waals surface area (Å²) in [6.45, 7) is 0.0502. The van der Waals surface area contributed by atoms with Crippen molar-refractivity contribution in [1.82, 2.24) is 4.57 Å². The maximum absolute atomic E-state index is 12.3. The van der Waals surface area contributed by atoms with Gasteiger partial charge in [-0.1, -0.05) is 36.4 Å². The van der Waals surface area contributed by atoms with E-state index in [1.165, 1.54) is 35.6 Å². The van der Waals surface area contributed by atoms with Crippen molar-refractivity contribution in [2.75, 3.05) is 0 Å². The average molecular weight is 367 g/mol. The molecule has 2 aromatic carbocycles. The zero-order valence-electron chi connectivity index (χ0n) is 13.4. The average Bonchev–Trinajstić information content (AvgIpc) is 3.09. The molecular weight excluding hydrogens is 354 g/mol. The number of nitrogens with zero attached hydrogens (tertiary/aromatic N) is 3. The first-order chi connectivity index (χ1) is 12.5. The fourth-order valence-corrected chi connectivity index (χ4v) is 3.01. The van der Waals surface area contributed by atoms with Gasteiger partial charge in [0.05, 0.1) is 11.5 Å². The number of ketones is 1. The van der Waals surface area contributed by atoms with Crippen molar-refractivity contribution in [1.29, 1.82) is 0 Å². The Morgan fingerprint density at radius 2 is 1.81 bits per heavy atom. The minimum Gasteiger partial charge on any atom is -0.316 e. The van der Waals surface area contributed by atoms with Gasteiger partial charge in [-0.25, -0.2) is 0 Å². The normalized spacial score (nSPS) is 11.3. The summed E-state index contributed by atoms with van der Waals surface area (Å²) >= 11 is 1.21. The van der Waals surface area contributed by atoms with Crippen LogP contribution in [-0.2, 0) is 6.54 Å². The van der Waals surface area contributed by atoms with Gasteiger partial charge in [0.15, 0.2) is 10.6 Å². The highest BCUT2D eigenvalue weighted by molar-refractivity contribution is 7.07. The third-order valence-electron chi connectivity index (χ3n) is 3.57. The van der Waals surface area contributed by atoms with E-state index in [1.807, 2.05) is 6.07 Å². The van der Waals surface area contributed by atoms with Gasteiger partial charge in [0.1, 0.15) is 0 Å². The van der Waals surface area contributed by atoms with E-state index in [1.54, 1.807) is 40.4 Å². The molecule has 1 aromatic heterocycles. The SMILES string of the molecule is O=C(Cn1ccsc1=NC(=O)c1cccc([N+](=O)[O-])c1)c1ccccc1. The lowest BCUT2D eigenvalue weighted by Gasteiger charge is -2.02. The molecule has 3 aromatic rings. The highest BCUT2D eigenvalue weighted by Gasteiger charge is 2.12. The van der Waals surface area contributed by atoms with E-state index in [4.69, 9.17) is 0 Å². The number of rotatable bonds is 5. The Kier molecular flexibility index (Phi) is 5.14. The van der Waals surface area contributed by atoms with E-state index in [0.717, 1.165) is 0 Å². The number of non-ortho nitro benzene ring substituents is 1. The number of amides is 1. The summed E-state index contributed by atoms with van der Waals surface area (Å²) in [4.78, 5) is 39.3. The van der Waals surface area contributed by atoms with Crippen molar-refractivity contribution in [2.45, 2.75) is 6.54 Å². The van der Waals surface area contributed by atoms with Gasteiger partial charge in [-0.15, -0.1) is 11.3 Å². The predicted octanol–water partition coefficient (Wildman–Crippen LogP) is 3.08. The monoisotopic (exact) mass is 367 g/mol. The number of Topliss-reactive ketones (excluding diaryl/α,β-unsaturated/α-hetero) is 1. The van der Waals surface area contributed by atoms with Crippen LogP contribution in [0.5, 0.6) is 0 Å². The van der Waals surface area contributed by atoms with Crippen LogP contribution in [0, 0.1) is 10.1 Å². The van der Waals surface area contributed by atoms with Gasteiger partial charge in [0.2, 0.25) is 0 Å². The molecule has 8 heteroatoms. The van der Waals surface area contributed by atoms with Gasteiger partial charge < -0.3 is 4.57 Å². The van der Waals surface area contributed by atoms with Crippen molar-refractivity contribution in [3.8, 4) is 0 Å². The Balaban J connectivity index is 1.85. The zero-order chi connectivity index (χ0) is 18.5. The van der Waals surface area contributed by atoms with Crippen molar-refractivity contribution in [3.05, 3.63) is 92.2 Å². The molecule has 0 aliphatic carbocycles. The largest absolute Gasteiger partial charge is 0.316 e. The Bertz CT molecular complexity index is 1040. The summed E-state index contributed by atoms with van der Waals surface area (Å²) in [6.07, 6.45) is 1.67. The fourth-order valence-electron chi connectivity index (χ4n) is 2.28. The predicted molar refractivity (Wildman–Crippen MR) is 96.1 cm³/mol. The number of carbonyl (C=O) groups excluding carboxylic acids is 2. The standard InChI is InChI=1S/C18H13N3O4S/c22-16(13-5-2-1-3-6-13)12-20-9-10-26-18(20)19-17(23)14-7-4-8-15(11-14)21(24)25/h1-11H,12H2. The smallest absolute Gasteiger partial charge is 0.279 e. The molecule has 3 rings (SSSR count). The lowest BCUT2D eigenvalue weighted by molar-refractivity contribution is -0.384. The van der Waals surface area contributed by atoms with Gasteiger partial charge in [0.25, 0.3) is 11.6 Å². The first-order valence-corrected chi connectivity index (χ1v) is 8.48. The summed E-state index contributed by atoms with van der Waals surface area (Å²) in [6, 6.07) is 14.2. The number of hydrogen-bond donors (Lipinski definition) is 0. The minimum absolute atomic E-state index is 0.0502. The van der Waals surface area contributed by atoms with E-state index in [0.29, 0.717) is 10.4 Å². The second-order valence-electron chi connectivity index (χ2n) is 5.33. The van der Waals surface area contributed by atoms with Gasteiger partial charge in [-0.05, 0) is 6.07 Å². The van der Waals surface area contributed by atoms with Crippen molar-refractivity contribution in [2.24, 2.45) is 4.99 Å². The molecule has 0 bridgehead atoms. The topological polar surface area (TPSA) is 94.6 Å². The highest BCUT2D eigenvalue weighted by atomic mass is 32.1. The Hall–Kier alpha value is -3.39. The third kappa shape index (κ3) is 3.98. The van der Waals surface area contributed by atoms with Crippen LogP contribution in [0.15, 0.2) is 71.2 Å². The van der Waals surface area contributed by atoms with Gasteiger partial charge in [-0.2, -0.15) is 4.99 Å². The first-order valence-electron chi connectivity index (χ1n) is 7.60. The first kappa shape index (κ1) is 17.4. The summed E-state index contributed by atoms with van der Waals surface area (Å²) in [5.41, 5.74) is 0.514. The van der Waals surface area contributed by atoms with Crippen molar-refractivity contribution in [3.63, 3.8) is 0 Å². The molecule has 0 unspecified atom stereocenters. The highest BCUT2D eigenvalue weighted by Crippen LogP contribution is 2.13. The van der Waals surface area contributed by atoms with Crippen LogP contribution in [0.4, 0.5) is 5.69 Å². The molecule has 26 heavy (non-hydrogen) atoms. The second-order valence-corrected chi connectivity index (χ2v) is 6.20. The number of thiazole rings is 1. The molecular formula is C18H13N3O4S. The summed E-state index contributed by atoms with van der Waals surface area (Å²) in [5, 5.41) is 12.5. The number of aromatic nitrogens is 1. The molecule has 1 heterocycles. The number of carbonyl (C=O) groups is 2. The molecule has 0 aliphatic heterocycles. The van der Waals surface area contributed by atoms with Crippen LogP contribution in [0.3, 0.4) is 0 Å². The second kappa shape index (κ2) is 7.66.